The minimum Gasteiger partial charge on any atom is -0.391 e. The minimum absolute atomic E-state index is 0.0574. The lowest BCUT2D eigenvalue weighted by Gasteiger charge is -2.41. The molecule has 0 heterocycles. The van der Waals surface area contributed by atoms with Crippen LogP contribution in [0.2, 0.25) is 0 Å². The molecule has 42 heavy (non-hydrogen) atoms. The van der Waals surface area contributed by atoms with Crippen molar-refractivity contribution in [1.82, 2.24) is 10.6 Å². The molecule has 0 bridgehead atoms. The van der Waals surface area contributed by atoms with Crippen LogP contribution >= 0.6 is 0 Å². The van der Waals surface area contributed by atoms with E-state index in [4.69, 9.17) is 9.47 Å². The first kappa shape index (κ1) is 39.0. The number of unbranched alkanes of at least 4 members (excludes halogenated alkanes) is 2. The van der Waals surface area contributed by atoms with E-state index >= 15 is 0 Å². The second-order valence-electron chi connectivity index (χ2n) is 13.4. The van der Waals surface area contributed by atoms with Gasteiger partial charge in [0.25, 0.3) is 0 Å². The molecule has 6 unspecified atom stereocenters. The molecule has 0 aliphatic heterocycles. The highest BCUT2D eigenvalue weighted by molar-refractivity contribution is 5.24. The Hall–Kier alpha value is -1.06. The summed E-state index contributed by atoms with van der Waals surface area (Å²) < 4.78 is 11.6. The number of β-amino-alcohol motifs (C(OH)–C–C–N with tert-alkyl or cyclic N) is 1. The van der Waals surface area contributed by atoms with Crippen molar-refractivity contribution in [2.24, 2.45) is 11.8 Å². The summed E-state index contributed by atoms with van der Waals surface area (Å²) in [6.45, 7) is 18.6. The van der Waals surface area contributed by atoms with Crippen LogP contribution in [0.1, 0.15) is 125 Å². The summed E-state index contributed by atoms with van der Waals surface area (Å²) in [6.07, 6.45) is 6.97. The average Bonchev–Trinajstić information content (AvgIpc) is 2.96. The molecule has 0 amide bonds. The largest absolute Gasteiger partial charge is 0.391 e. The van der Waals surface area contributed by atoms with Crippen LogP contribution in [0, 0.1) is 11.8 Å². The van der Waals surface area contributed by atoms with E-state index in [1.807, 2.05) is 32.0 Å². The zero-order chi connectivity index (χ0) is 31.6. The first-order valence-electron chi connectivity index (χ1n) is 16.7. The van der Waals surface area contributed by atoms with Gasteiger partial charge in [0.15, 0.2) is 0 Å². The quantitative estimate of drug-likeness (QED) is 0.0840. The predicted octanol–water partition coefficient (Wildman–Crippen LogP) is 6.36. The van der Waals surface area contributed by atoms with Gasteiger partial charge in [0, 0.05) is 30.1 Å². The van der Waals surface area contributed by atoms with Crippen LogP contribution in [0.3, 0.4) is 0 Å². The monoisotopic (exact) mass is 594 g/mol. The van der Waals surface area contributed by atoms with Crippen LogP contribution in [0.25, 0.3) is 0 Å². The number of aliphatic hydroxyl groups is 3. The molecule has 1 rings (SSSR count). The van der Waals surface area contributed by atoms with E-state index in [0.717, 1.165) is 37.7 Å². The normalized spacial score (nSPS) is 17.0. The van der Waals surface area contributed by atoms with Gasteiger partial charge in [-0.3, -0.25) is 5.32 Å². The summed E-state index contributed by atoms with van der Waals surface area (Å²) in [5.74, 6) is 0.900. The van der Waals surface area contributed by atoms with Gasteiger partial charge in [0.05, 0.1) is 25.4 Å². The van der Waals surface area contributed by atoms with Crippen LogP contribution in [0.4, 0.5) is 0 Å². The third-order valence-corrected chi connectivity index (χ3v) is 8.89. The average molecular weight is 595 g/mol. The van der Waals surface area contributed by atoms with Gasteiger partial charge in [-0.1, -0.05) is 96.6 Å². The van der Waals surface area contributed by atoms with Gasteiger partial charge in [-0.25, -0.2) is 0 Å². The molecule has 0 saturated carbocycles. The van der Waals surface area contributed by atoms with Gasteiger partial charge in [-0.15, -0.1) is 0 Å². The molecule has 0 radical (unpaired) electrons. The molecular weight excluding hydrogens is 528 g/mol. The van der Waals surface area contributed by atoms with Gasteiger partial charge in [0.1, 0.15) is 0 Å². The molecular formula is C35H66N2O5. The maximum Gasteiger partial charge on any atom is 0.214 e. The van der Waals surface area contributed by atoms with E-state index in [2.05, 4.69) is 64.3 Å². The number of hydrogen-bond donors (Lipinski definition) is 5. The van der Waals surface area contributed by atoms with E-state index in [9.17, 15) is 15.3 Å². The standard InChI is InChI=1S/C35H66N2O5/c1-9-13-18-27(11-3)24-41-26-30(38)23-36-34(5,6)31(29-20-16-15-17-21-29)22-32(39)35(7,8)37-33(40)42-25-28(12-4)19-14-10-2/h15-17,20-21,27-28,30-33,36-40H,9-14,18-19,22-26H2,1-8H3. The Balaban J connectivity index is 2.80. The fourth-order valence-electron chi connectivity index (χ4n) is 5.46. The summed E-state index contributed by atoms with van der Waals surface area (Å²) in [5, 5.41) is 39.5. The van der Waals surface area contributed by atoms with Crippen molar-refractivity contribution in [3.05, 3.63) is 35.9 Å². The number of rotatable bonds is 25. The van der Waals surface area contributed by atoms with E-state index in [-0.39, 0.29) is 5.92 Å². The highest BCUT2D eigenvalue weighted by Crippen LogP contribution is 2.35. The Labute approximate surface area is 258 Å². The number of hydrogen-bond acceptors (Lipinski definition) is 7. The SMILES string of the molecule is CCCCC(CC)COCC(O)CNC(C)(C)C(CC(O)C(C)(C)NC(O)OCC(CC)CCCC)c1ccccc1. The minimum atomic E-state index is -1.16. The molecule has 0 aromatic heterocycles. The fourth-order valence-corrected chi connectivity index (χ4v) is 5.46. The van der Waals surface area contributed by atoms with Crippen LogP contribution in [-0.4, -0.2) is 71.4 Å². The van der Waals surface area contributed by atoms with Crippen molar-refractivity contribution in [2.75, 3.05) is 26.4 Å². The molecule has 6 atom stereocenters. The molecule has 0 fully saturated rings. The topological polar surface area (TPSA) is 103 Å². The summed E-state index contributed by atoms with van der Waals surface area (Å²) in [7, 11) is 0. The molecule has 0 aliphatic carbocycles. The molecule has 0 saturated heterocycles. The van der Waals surface area contributed by atoms with Crippen LogP contribution in [-0.2, 0) is 9.47 Å². The Bertz CT molecular complexity index is 791. The van der Waals surface area contributed by atoms with Gasteiger partial charge < -0.3 is 30.1 Å². The first-order valence-corrected chi connectivity index (χ1v) is 16.7. The first-order chi connectivity index (χ1) is 19.9. The smallest absolute Gasteiger partial charge is 0.214 e. The molecule has 5 N–H and O–H groups in total. The second kappa shape index (κ2) is 20.8. The van der Waals surface area contributed by atoms with Crippen molar-refractivity contribution >= 4 is 0 Å². The fraction of sp³-hybridized carbons (Fsp3) is 0.829. The molecule has 7 heteroatoms. The molecule has 1 aromatic carbocycles. The molecule has 1 aromatic rings. The molecule has 0 aliphatic rings. The Morgan fingerprint density at radius 2 is 1.33 bits per heavy atom. The highest BCUT2D eigenvalue weighted by Gasteiger charge is 2.38. The summed E-state index contributed by atoms with van der Waals surface area (Å²) in [5.41, 5.74) is -0.125. The number of aliphatic hydroxyl groups excluding tert-OH is 3. The van der Waals surface area contributed by atoms with E-state index in [1.54, 1.807) is 0 Å². The van der Waals surface area contributed by atoms with Crippen molar-refractivity contribution in [2.45, 2.75) is 149 Å². The summed E-state index contributed by atoms with van der Waals surface area (Å²) in [6, 6.07) is 10.2. The van der Waals surface area contributed by atoms with Gasteiger partial charge in [0.2, 0.25) is 6.41 Å². The number of nitrogens with one attached hydrogen (secondary N) is 2. The van der Waals surface area contributed by atoms with E-state index in [1.165, 1.54) is 19.3 Å². The Kier molecular flexibility index (Phi) is 19.3. The maximum absolute atomic E-state index is 11.5. The van der Waals surface area contributed by atoms with Crippen molar-refractivity contribution < 1.29 is 24.8 Å². The number of benzene rings is 1. The third kappa shape index (κ3) is 15.1. The lowest BCUT2D eigenvalue weighted by atomic mass is 9.75. The Morgan fingerprint density at radius 3 is 1.88 bits per heavy atom. The highest BCUT2D eigenvalue weighted by atomic mass is 16.6. The van der Waals surface area contributed by atoms with E-state index < -0.39 is 29.7 Å². The summed E-state index contributed by atoms with van der Waals surface area (Å²) in [4.78, 5) is 0. The molecule has 0 spiro atoms. The molecule has 7 nitrogen and oxygen atoms in total. The van der Waals surface area contributed by atoms with Crippen molar-refractivity contribution in [3.63, 3.8) is 0 Å². The lowest BCUT2D eigenvalue weighted by molar-refractivity contribution is -0.152. The molecule has 246 valence electrons. The van der Waals surface area contributed by atoms with Gasteiger partial charge in [-0.2, -0.15) is 0 Å². The van der Waals surface area contributed by atoms with Crippen molar-refractivity contribution in [3.8, 4) is 0 Å². The third-order valence-electron chi connectivity index (χ3n) is 8.89. The summed E-state index contributed by atoms with van der Waals surface area (Å²) >= 11 is 0. The Morgan fingerprint density at radius 1 is 0.762 bits per heavy atom. The van der Waals surface area contributed by atoms with Gasteiger partial charge >= 0.3 is 0 Å². The van der Waals surface area contributed by atoms with Crippen molar-refractivity contribution in [1.29, 1.82) is 0 Å². The van der Waals surface area contributed by atoms with Crippen LogP contribution < -0.4 is 10.6 Å². The zero-order valence-corrected chi connectivity index (χ0v) is 28.2. The zero-order valence-electron chi connectivity index (χ0n) is 28.2. The lowest BCUT2D eigenvalue weighted by Crippen LogP contribution is -2.56. The predicted molar refractivity (Wildman–Crippen MR) is 174 cm³/mol. The number of ether oxygens (including phenoxy) is 2. The maximum atomic E-state index is 11.5. The van der Waals surface area contributed by atoms with Crippen LogP contribution in [0.15, 0.2) is 30.3 Å². The second-order valence-corrected chi connectivity index (χ2v) is 13.4. The van der Waals surface area contributed by atoms with Crippen LogP contribution in [0.5, 0.6) is 0 Å². The van der Waals surface area contributed by atoms with E-state index in [0.29, 0.717) is 44.6 Å². The van der Waals surface area contributed by atoms with Gasteiger partial charge in [-0.05, 0) is 64.4 Å².